The fraction of sp³-hybridized carbons (Fsp3) is 0.308. The van der Waals surface area contributed by atoms with E-state index < -0.39 is 23.9 Å². The molecule has 1 aromatic carbocycles. The number of hydrazine groups is 1. The quantitative estimate of drug-likeness (QED) is 0.631. The minimum Gasteiger partial charge on any atom is -0.481 e. The number of carbonyl (C=O) groups excluding carboxylic acids is 1. The highest BCUT2D eigenvalue weighted by molar-refractivity contribution is 5.96. The largest absolute Gasteiger partial charge is 0.481 e. The lowest BCUT2D eigenvalue weighted by Gasteiger charge is -2.27. The molecule has 0 aliphatic heterocycles. The Balaban J connectivity index is 2.92. The SMILES string of the molecule is CNN(C(=O)c1ccccc1)C(CCC(=O)O)C(=O)O. The molecule has 0 saturated carbocycles. The van der Waals surface area contributed by atoms with Crippen molar-refractivity contribution in [2.45, 2.75) is 18.9 Å². The maximum Gasteiger partial charge on any atom is 0.328 e. The summed E-state index contributed by atoms with van der Waals surface area (Å²) in [5.74, 6) is -2.89. The van der Waals surface area contributed by atoms with E-state index in [1.807, 2.05) is 0 Å². The number of carboxylic acid groups (broad SMARTS) is 2. The van der Waals surface area contributed by atoms with Crippen LogP contribution in [0.15, 0.2) is 30.3 Å². The Morgan fingerprint density at radius 2 is 1.80 bits per heavy atom. The Kier molecular flexibility index (Phi) is 5.67. The molecule has 0 bridgehead atoms. The van der Waals surface area contributed by atoms with Gasteiger partial charge >= 0.3 is 11.9 Å². The molecule has 20 heavy (non-hydrogen) atoms. The average molecular weight is 280 g/mol. The van der Waals surface area contributed by atoms with Gasteiger partial charge in [-0.2, -0.15) is 0 Å². The molecule has 1 atom stereocenters. The predicted molar refractivity (Wildman–Crippen MR) is 70.0 cm³/mol. The van der Waals surface area contributed by atoms with Crippen LogP contribution >= 0.6 is 0 Å². The van der Waals surface area contributed by atoms with Gasteiger partial charge in [-0.25, -0.2) is 10.2 Å². The Morgan fingerprint density at radius 1 is 1.20 bits per heavy atom. The molecule has 108 valence electrons. The molecule has 0 aromatic heterocycles. The summed E-state index contributed by atoms with van der Waals surface area (Å²) in [5.41, 5.74) is 2.84. The number of hydrogen-bond acceptors (Lipinski definition) is 4. The van der Waals surface area contributed by atoms with Gasteiger partial charge in [0.1, 0.15) is 6.04 Å². The average Bonchev–Trinajstić information content (AvgIpc) is 2.43. The predicted octanol–water partition coefficient (Wildman–Crippen LogP) is 0.581. The number of rotatable bonds is 7. The number of aliphatic carboxylic acids is 2. The highest BCUT2D eigenvalue weighted by atomic mass is 16.4. The molecule has 0 aliphatic rings. The fourth-order valence-electron chi connectivity index (χ4n) is 1.74. The topological polar surface area (TPSA) is 107 Å². The van der Waals surface area contributed by atoms with Crippen molar-refractivity contribution in [1.29, 1.82) is 0 Å². The maximum atomic E-state index is 12.2. The molecule has 1 aromatic rings. The van der Waals surface area contributed by atoms with Gasteiger partial charge in [-0.3, -0.25) is 14.6 Å². The summed E-state index contributed by atoms with van der Waals surface area (Å²) in [7, 11) is 1.41. The van der Waals surface area contributed by atoms with Gasteiger partial charge in [0, 0.05) is 19.0 Å². The van der Waals surface area contributed by atoms with Crippen LogP contribution in [-0.4, -0.2) is 46.2 Å². The van der Waals surface area contributed by atoms with Gasteiger partial charge in [-0.15, -0.1) is 0 Å². The zero-order valence-electron chi connectivity index (χ0n) is 10.9. The van der Waals surface area contributed by atoms with Crippen LogP contribution in [0.1, 0.15) is 23.2 Å². The van der Waals surface area contributed by atoms with Crippen molar-refractivity contribution in [3.8, 4) is 0 Å². The van der Waals surface area contributed by atoms with Crippen LogP contribution in [-0.2, 0) is 9.59 Å². The van der Waals surface area contributed by atoms with Crippen LogP contribution in [0.4, 0.5) is 0 Å². The van der Waals surface area contributed by atoms with Gasteiger partial charge in [0.15, 0.2) is 0 Å². The molecule has 0 saturated heterocycles. The lowest BCUT2D eigenvalue weighted by atomic mass is 10.1. The van der Waals surface area contributed by atoms with Gasteiger partial charge in [0.05, 0.1) is 0 Å². The van der Waals surface area contributed by atoms with E-state index in [1.54, 1.807) is 30.3 Å². The third-order valence-electron chi connectivity index (χ3n) is 2.71. The molecule has 1 rings (SSSR count). The van der Waals surface area contributed by atoms with E-state index in [0.717, 1.165) is 5.01 Å². The molecule has 0 aliphatic carbocycles. The van der Waals surface area contributed by atoms with Crippen molar-refractivity contribution in [2.24, 2.45) is 0 Å². The Labute approximate surface area is 115 Å². The fourth-order valence-corrected chi connectivity index (χ4v) is 1.74. The van der Waals surface area contributed by atoms with Gasteiger partial charge in [0.2, 0.25) is 0 Å². The number of hydrogen-bond donors (Lipinski definition) is 3. The van der Waals surface area contributed by atoms with Gasteiger partial charge < -0.3 is 10.2 Å². The second kappa shape index (κ2) is 7.25. The normalized spacial score (nSPS) is 11.7. The zero-order chi connectivity index (χ0) is 15.1. The molecule has 0 heterocycles. The second-order valence-electron chi connectivity index (χ2n) is 4.05. The van der Waals surface area contributed by atoms with Gasteiger partial charge in [0.25, 0.3) is 5.91 Å². The third kappa shape index (κ3) is 4.06. The molecule has 7 nitrogen and oxygen atoms in total. The number of nitrogens with zero attached hydrogens (tertiary/aromatic N) is 1. The van der Waals surface area contributed by atoms with Crippen molar-refractivity contribution < 1.29 is 24.6 Å². The summed E-state index contributed by atoms with van der Waals surface area (Å²) >= 11 is 0. The molecule has 0 fully saturated rings. The van der Waals surface area contributed by atoms with Crippen LogP contribution in [0.5, 0.6) is 0 Å². The highest BCUT2D eigenvalue weighted by Gasteiger charge is 2.30. The van der Waals surface area contributed by atoms with Crippen molar-refractivity contribution in [2.75, 3.05) is 7.05 Å². The van der Waals surface area contributed by atoms with Crippen LogP contribution in [0, 0.1) is 0 Å². The third-order valence-corrected chi connectivity index (χ3v) is 2.71. The van der Waals surface area contributed by atoms with Crippen molar-refractivity contribution in [3.05, 3.63) is 35.9 Å². The lowest BCUT2D eigenvalue weighted by Crippen LogP contribution is -2.51. The van der Waals surface area contributed by atoms with Crippen LogP contribution in [0.25, 0.3) is 0 Å². The molecule has 1 amide bonds. The summed E-state index contributed by atoms with van der Waals surface area (Å²) in [5, 5.41) is 18.7. The molecular formula is C13H16N2O5. The molecule has 1 unspecified atom stereocenters. The van der Waals surface area contributed by atoms with Gasteiger partial charge in [-0.1, -0.05) is 18.2 Å². The molecular weight excluding hydrogens is 264 g/mol. The van der Waals surface area contributed by atoms with Crippen molar-refractivity contribution in [1.82, 2.24) is 10.4 Å². The van der Waals surface area contributed by atoms with E-state index in [-0.39, 0.29) is 12.8 Å². The summed E-state index contributed by atoms with van der Waals surface area (Å²) in [4.78, 5) is 34.0. The summed E-state index contributed by atoms with van der Waals surface area (Å²) in [6, 6.07) is 6.93. The Hall–Kier alpha value is -2.41. The molecule has 0 radical (unpaired) electrons. The second-order valence-corrected chi connectivity index (χ2v) is 4.05. The standard InChI is InChI=1S/C13H16N2O5/c1-14-15(10(13(19)20)7-8-11(16)17)12(18)9-5-3-2-4-6-9/h2-6,10,14H,7-8H2,1H3,(H,16,17)(H,19,20). The Morgan fingerprint density at radius 3 is 2.25 bits per heavy atom. The molecule has 7 heteroatoms. The first-order valence-electron chi connectivity index (χ1n) is 5.98. The molecule has 0 spiro atoms. The number of carboxylic acids is 2. The van der Waals surface area contributed by atoms with E-state index in [4.69, 9.17) is 10.2 Å². The van der Waals surface area contributed by atoms with Crippen molar-refractivity contribution in [3.63, 3.8) is 0 Å². The van der Waals surface area contributed by atoms with E-state index in [2.05, 4.69) is 5.43 Å². The van der Waals surface area contributed by atoms with Gasteiger partial charge in [-0.05, 0) is 18.6 Å². The van der Waals surface area contributed by atoms with Crippen LogP contribution in [0.2, 0.25) is 0 Å². The van der Waals surface area contributed by atoms with E-state index in [1.165, 1.54) is 7.05 Å². The van der Waals surface area contributed by atoms with E-state index >= 15 is 0 Å². The van der Waals surface area contributed by atoms with Crippen LogP contribution < -0.4 is 5.43 Å². The van der Waals surface area contributed by atoms with Crippen molar-refractivity contribution >= 4 is 17.8 Å². The monoisotopic (exact) mass is 280 g/mol. The summed E-state index contributed by atoms with van der Waals surface area (Å²) < 4.78 is 0. The number of benzene rings is 1. The van der Waals surface area contributed by atoms with E-state index in [9.17, 15) is 14.4 Å². The summed E-state index contributed by atoms with van der Waals surface area (Å²) in [6.45, 7) is 0. The number of amides is 1. The number of carbonyl (C=O) groups is 3. The minimum absolute atomic E-state index is 0.177. The first-order valence-corrected chi connectivity index (χ1v) is 5.98. The zero-order valence-corrected chi connectivity index (χ0v) is 10.9. The minimum atomic E-state index is -1.26. The first kappa shape index (κ1) is 15.6. The summed E-state index contributed by atoms with van der Waals surface area (Å²) in [6.07, 6.45) is -0.513. The Bertz CT molecular complexity index is 489. The highest BCUT2D eigenvalue weighted by Crippen LogP contribution is 2.11. The van der Waals surface area contributed by atoms with Crippen LogP contribution in [0.3, 0.4) is 0 Å². The van der Waals surface area contributed by atoms with E-state index in [0.29, 0.717) is 5.56 Å². The smallest absolute Gasteiger partial charge is 0.328 e. The first-order chi connectivity index (χ1) is 9.47. The number of nitrogens with one attached hydrogen (secondary N) is 1. The lowest BCUT2D eigenvalue weighted by molar-refractivity contribution is -0.144. The molecule has 3 N–H and O–H groups in total. The maximum absolute atomic E-state index is 12.2.